The van der Waals surface area contributed by atoms with Crippen molar-refractivity contribution in [2.24, 2.45) is 0 Å². The Balaban J connectivity index is 1.97. The van der Waals surface area contributed by atoms with E-state index in [9.17, 15) is 14.4 Å². The molecule has 8 heteroatoms. The van der Waals surface area contributed by atoms with Gasteiger partial charge in [0.2, 0.25) is 5.91 Å². The average Bonchev–Trinajstić information content (AvgIpc) is 2.76. The Morgan fingerprint density at radius 3 is 2.71 bits per heavy atom. The Morgan fingerprint density at radius 2 is 2.00 bits per heavy atom. The zero-order valence-electron chi connectivity index (χ0n) is 11.3. The third-order valence-corrected chi connectivity index (χ3v) is 2.88. The van der Waals surface area contributed by atoms with Gasteiger partial charge >= 0.3 is 11.7 Å². The van der Waals surface area contributed by atoms with Crippen LogP contribution in [0, 0.1) is 0 Å². The number of aromatic amines is 2. The standard InChI is InChI=1S/C13H15N3O5/c1-7(14-11(17)5-21-6-12(18)19)8-2-3-9-10(4-8)16-13(20)15-9/h2-4,7H,5-6H2,1H3,(H,14,17)(H,18,19)(H2,15,16,20). The van der Waals surface area contributed by atoms with Crippen molar-refractivity contribution < 1.29 is 19.4 Å². The molecule has 1 atom stereocenters. The van der Waals surface area contributed by atoms with Gasteiger partial charge in [0.05, 0.1) is 17.1 Å². The molecule has 0 fully saturated rings. The van der Waals surface area contributed by atoms with Gasteiger partial charge in [0.1, 0.15) is 13.2 Å². The third-order valence-electron chi connectivity index (χ3n) is 2.88. The van der Waals surface area contributed by atoms with Gasteiger partial charge < -0.3 is 25.1 Å². The number of hydrogen-bond acceptors (Lipinski definition) is 4. The number of rotatable bonds is 6. The second-order valence-electron chi connectivity index (χ2n) is 4.56. The Morgan fingerprint density at radius 1 is 1.29 bits per heavy atom. The van der Waals surface area contributed by atoms with Crippen LogP contribution in [0.1, 0.15) is 18.5 Å². The summed E-state index contributed by atoms with van der Waals surface area (Å²) in [5, 5.41) is 11.1. The summed E-state index contributed by atoms with van der Waals surface area (Å²) in [5.41, 5.74) is 1.86. The lowest BCUT2D eigenvalue weighted by atomic mass is 10.1. The first-order valence-electron chi connectivity index (χ1n) is 6.26. The molecule has 0 aliphatic rings. The number of aromatic nitrogens is 2. The topological polar surface area (TPSA) is 124 Å². The lowest BCUT2D eigenvalue weighted by Crippen LogP contribution is -2.30. The monoisotopic (exact) mass is 293 g/mol. The molecular weight excluding hydrogens is 278 g/mol. The van der Waals surface area contributed by atoms with Crippen molar-refractivity contribution in [3.05, 3.63) is 34.2 Å². The van der Waals surface area contributed by atoms with Gasteiger partial charge in [-0.3, -0.25) is 4.79 Å². The van der Waals surface area contributed by atoms with E-state index in [0.29, 0.717) is 11.0 Å². The van der Waals surface area contributed by atoms with Gasteiger partial charge in [0, 0.05) is 0 Å². The second kappa shape index (κ2) is 6.23. The van der Waals surface area contributed by atoms with Crippen LogP contribution in [0.15, 0.2) is 23.0 Å². The van der Waals surface area contributed by atoms with Gasteiger partial charge in [-0.15, -0.1) is 0 Å². The number of hydrogen-bond donors (Lipinski definition) is 4. The van der Waals surface area contributed by atoms with Crippen LogP contribution in [0.25, 0.3) is 11.0 Å². The van der Waals surface area contributed by atoms with Crippen molar-refractivity contribution >= 4 is 22.9 Å². The molecule has 1 heterocycles. The number of benzene rings is 1. The Kier molecular flexibility index (Phi) is 4.39. The molecule has 1 aromatic carbocycles. The highest BCUT2D eigenvalue weighted by atomic mass is 16.5. The number of carbonyl (C=O) groups excluding carboxylic acids is 1. The molecule has 2 rings (SSSR count). The van der Waals surface area contributed by atoms with Gasteiger partial charge in [-0.25, -0.2) is 9.59 Å². The number of carbonyl (C=O) groups is 2. The summed E-state index contributed by atoms with van der Waals surface area (Å²) in [4.78, 5) is 38.3. The molecular formula is C13H15N3O5. The number of aliphatic carboxylic acids is 1. The highest BCUT2D eigenvalue weighted by molar-refractivity contribution is 5.79. The number of nitrogens with one attached hydrogen (secondary N) is 3. The van der Waals surface area contributed by atoms with Crippen LogP contribution in [0.5, 0.6) is 0 Å². The molecule has 1 unspecified atom stereocenters. The van der Waals surface area contributed by atoms with Gasteiger partial charge in [-0.05, 0) is 24.6 Å². The summed E-state index contributed by atoms with van der Waals surface area (Å²) in [6, 6.07) is 4.99. The summed E-state index contributed by atoms with van der Waals surface area (Å²) in [7, 11) is 0. The molecule has 0 aliphatic heterocycles. The molecule has 0 radical (unpaired) electrons. The largest absolute Gasteiger partial charge is 0.480 e. The van der Waals surface area contributed by atoms with Crippen LogP contribution in [0.4, 0.5) is 0 Å². The minimum Gasteiger partial charge on any atom is -0.480 e. The maximum absolute atomic E-state index is 11.6. The van der Waals surface area contributed by atoms with E-state index in [2.05, 4.69) is 15.3 Å². The van der Waals surface area contributed by atoms with E-state index in [0.717, 1.165) is 5.56 Å². The molecule has 0 bridgehead atoms. The molecule has 2 aromatic rings. The van der Waals surface area contributed by atoms with E-state index in [1.54, 1.807) is 25.1 Å². The fourth-order valence-corrected chi connectivity index (χ4v) is 1.92. The molecule has 112 valence electrons. The van der Waals surface area contributed by atoms with Crippen molar-refractivity contribution in [2.75, 3.05) is 13.2 Å². The minimum atomic E-state index is -1.13. The normalized spacial score (nSPS) is 12.2. The van der Waals surface area contributed by atoms with E-state index in [1.807, 2.05) is 0 Å². The fourth-order valence-electron chi connectivity index (χ4n) is 1.92. The van der Waals surface area contributed by atoms with Crippen LogP contribution >= 0.6 is 0 Å². The molecule has 1 aromatic heterocycles. The van der Waals surface area contributed by atoms with Crippen molar-refractivity contribution in [1.29, 1.82) is 0 Å². The Hall–Kier alpha value is -2.61. The number of H-pyrrole nitrogens is 2. The van der Waals surface area contributed by atoms with E-state index >= 15 is 0 Å². The van der Waals surface area contributed by atoms with Gasteiger partial charge in [0.25, 0.3) is 0 Å². The fraction of sp³-hybridized carbons (Fsp3) is 0.308. The van der Waals surface area contributed by atoms with Gasteiger partial charge in [0.15, 0.2) is 0 Å². The average molecular weight is 293 g/mol. The Labute approximate surface area is 119 Å². The molecule has 1 amide bonds. The number of fused-ring (bicyclic) bond motifs is 1. The SMILES string of the molecule is CC(NC(=O)COCC(=O)O)c1ccc2[nH]c(=O)[nH]c2c1. The zero-order valence-corrected chi connectivity index (χ0v) is 11.3. The molecule has 4 N–H and O–H groups in total. The number of amides is 1. The van der Waals surface area contributed by atoms with Crippen LogP contribution < -0.4 is 11.0 Å². The number of carboxylic acids is 1. The first-order valence-corrected chi connectivity index (χ1v) is 6.26. The van der Waals surface area contributed by atoms with Gasteiger partial charge in [-0.1, -0.05) is 6.07 Å². The smallest absolute Gasteiger partial charge is 0.329 e. The molecule has 8 nitrogen and oxygen atoms in total. The summed E-state index contributed by atoms with van der Waals surface area (Å²) < 4.78 is 4.70. The number of ether oxygens (including phenoxy) is 1. The predicted molar refractivity (Wildman–Crippen MR) is 73.9 cm³/mol. The molecule has 0 spiro atoms. The molecule has 0 aliphatic carbocycles. The van der Waals surface area contributed by atoms with Crippen molar-refractivity contribution in [2.45, 2.75) is 13.0 Å². The van der Waals surface area contributed by atoms with Crippen molar-refractivity contribution in [1.82, 2.24) is 15.3 Å². The first-order chi connectivity index (χ1) is 9.95. The van der Waals surface area contributed by atoms with E-state index < -0.39 is 18.5 Å². The maximum Gasteiger partial charge on any atom is 0.329 e. The zero-order chi connectivity index (χ0) is 15.4. The predicted octanol–water partition coefficient (Wildman–Crippen LogP) is 0.135. The van der Waals surface area contributed by atoms with E-state index in [-0.39, 0.29) is 18.3 Å². The molecule has 0 saturated carbocycles. The van der Waals surface area contributed by atoms with Crippen LogP contribution in [0.3, 0.4) is 0 Å². The summed E-state index contributed by atoms with van der Waals surface area (Å²) in [5.74, 6) is -1.54. The van der Waals surface area contributed by atoms with Gasteiger partial charge in [-0.2, -0.15) is 0 Å². The first kappa shape index (κ1) is 14.8. The minimum absolute atomic E-state index is 0.291. The maximum atomic E-state index is 11.6. The molecule has 21 heavy (non-hydrogen) atoms. The summed E-state index contributed by atoms with van der Waals surface area (Å²) in [6.45, 7) is 0.944. The molecule has 0 saturated heterocycles. The van der Waals surface area contributed by atoms with Crippen molar-refractivity contribution in [3.63, 3.8) is 0 Å². The van der Waals surface area contributed by atoms with E-state index in [1.165, 1.54) is 0 Å². The van der Waals surface area contributed by atoms with E-state index in [4.69, 9.17) is 9.84 Å². The van der Waals surface area contributed by atoms with Crippen LogP contribution in [0.2, 0.25) is 0 Å². The Bertz CT molecular complexity index is 718. The number of imidazole rings is 1. The van der Waals surface area contributed by atoms with Crippen LogP contribution in [-0.4, -0.2) is 40.2 Å². The second-order valence-corrected chi connectivity index (χ2v) is 4.56. The number of carboxylic acid groups (broad SMARTS) is 1. The highest BCUT2D eigenvalue weighted by Gasteiger charge is 2.11. The third kappa shape index (κ3) is 3.93. The lowest BCUT2D eigenvalue weighted by Gasteiger charge is -2.14. The lowest BCUT2D eigenvalue weighted by molar-refractivity contribution is -0.143. The quantitative estimate of drug-likeness (QED) is 0.603. The van der Waals surface area contributed by atoms with Crippen molar-refractivity contribution in [3.8, 4) is 0 Å². The summed E-state index contributed by atoms with van der Waals surface area (Å²) in [6.07, 6.45) is 0. The highest BCUT2D eigenvalue weighted by Crippen LogP contribution is 2.16. The van der Waals surface area contributed by atoms with Crippen LogP contribution in [-0.2, 0) is 14.3 Å². The summed E-state index contributed by atoms with van der Waals surface area (Å²) >= 11 is 0.